The van der Waals surface area contributed by atoms with Gasteiger partial charge in [0.25, 0.3) is 5.91 Å². The lowest BCUT2D eigenvalue weighted by atomic mass is 10.1. The van der Waals surface area contributed by atoms with Crippen LogP contribution in [0.5, 0.6) is 0 Å². The van der Waals surface area contributed by atoms with E-state index in [1.165, 1.54) is 12.1 Å². The molecule has 14 heteroatoms. The fraction of sp³-hybridized carbons (Fsp3) is 0.429. The third-order valence-electron chi connectivity index (χ3n) is 7.94. The summed E-state index contributed by atoms with van der Waals surface area (Å²) >= 11 is 0. The Morgan fingerprint density at radius 2 is 1.57 bits per heavy atom. The van der Waals surface area contributed by atoms with Crippen molar-refractivity contribution in [3.8, 4) is 0 Å². The summed E-state index contributed by atoms with van der Waals surface area (Å²) in [6.07, 6.45) is -0.888. The van der Waals surface area contributed by atoms with Crippen LogP contribution in [-0.2, 0) is 6.18 Å². The molecule has 0 unspecified atom stereocenters. The number of alkyl halides is 3. The van der Waals surface area contributed by atoms with E-state index in [0.717, 1.165) is 6.20 Å². The number of H-pyrrole nitrogens is 1. The molecule has 2 aliphatic heterocycles. The van der Waals surface area contributed by atoms with Gasteiger partial charge in [-0.2, -0.15) is 13.2 Å². The molecule has 5 rings (SSSR count). The maximum absolute atomic E-state index is 15.8. The zero-order valence-electron chi connectivity index (χ0n) is 23.5. The van der Waals surface area contributed by atoms with Crippen molar-refractivity contribution in [2.75, 3.05) is 66.3 Å². The van der Waals surface area contributed by atoms with Gasteiger partial charge in [-0.05, 0) is 33.0 Å². The highest BCUT2D eigenvalue weighted by atomic mass is 19.4. The highest BCUT2D eigenvalue weighted by Gasteiger charge is 2.36. The van der Waals surface area contributed by atoms with Crippen molar-refractivity contribution >= 4 is 28.9 Å². The van der Waals surface area contributed by atoms with Crippen LogP contribution in [0.3, 0.4) is 0 Å². The second-order valence-corrected chi connectivity index (χ2v) is 10.7. The second kappa shape index (κ2) is 11.6. The molecular formula is C28H32F4N8O2. The first-order valence-electron chi connectivity index (χ1n) is 13.6. The predicted molar refractivity (Wildman–Crippen MR) is 152 cm³/mol. The number of hydrogen-bond donors (Lipinski definition) is 2. The average Bonchev–Trinajstić information content (AvgIpc) is 2.96. The number of amides is 1. The normalized spacial score (nSPS) is 20.1. The van der Waals surface area contributed by atoms with Crippen LogP contribution in [0.2, 0.25) is 0 Å². The van der Waals surface area contributed by atoms with Crippen molar-refractivity contribution in [1.82, 2.24) is 19.9 Å². The molecule has 224 valence electrons. The molecule has 2 aliphatic rings. The Morgan fingerprint density at radius 1 is 0.952 bits per heavy atom. The summed E-state index contributed by atoms with van der Waals surface area (Å²) in [5, 5.41) is 2.60. The van der Waals surface area contributed by atoms with Gasteiger partial charge < -0.3 is 25.0 Å². The molecule has 2 fully saturated rings. The number of carbonyl (C=O) groups is 1. The Bertz CT molecular complexity index is 1480. The summed E-state index contributed by atoms with van der Waals surface area (Å²) in [6.45, 7) is 7.00. The highest BCUT2D eigenvalue weighted by molar-refractivity contribution is 6.07. The molecule has 2 saturated heterocycles. The van der Waals surface area contributed by atoms with Crippen LogP contribution >= 0.6 is 0 Å². The van der Waals surface area contributed by atoms with Crippen molar-refractivity contribution in [1.29, 1.82) is 0 Å². The number of rotatable bonds is 5. The van der Waals surface area contributed by atoms with Gasteiger partial charge in [0.2, 0.25) is 11.5 Å². The fourth-order valence-electron chi connectivity index (χ4n) is 5.44. The molecule has 0 radical (unpaired) electrons. The Morgan fingerprint density at radius 3 is 2.19 bits per heavy atom. The lowest BCUT2D eigenvalue weighted by Gasteiger charge is -2.44. The molecule has 0 bridgehead atoms. The van der Waals surface area contributed by atoms with Gasteiger partial charge in [-0.15, -0.1) is 0 Å². The number of piperazine rings is 2. The molecule has 2 atom stereocenters. The number of pyridine rings is 1. The van der Waals surface area contributed by atoms with Crippen LogP contribution in [0, 0.1) is 5.82 Å². The quantitative estimate of drug-likeness (QED) is 0.438. The number of anilines is 4. The number of carbonyl (C=O) groups excluding carboxylic acids is 1. The van der Waals surface area contributed by atoms with Gasteiger partial charge in [-0.1, -0.05) is 0 Å². The van der Waals surface area contributed by atoms with Crippen molar-refractivity contribution in [3.05, 3.63) is 70.2 Å². The van der Waals surface area contributed by atoms with Crippen LogP contribution in [0.25, 0.3) is 0 Å². The van der Waals surface area contributed by atoms with E-state index in [1.54, 1.807) is 18.5 Å². The van der Waals surface area contributed by atoms with E-state index < -0.39 is 34.6 Å². The summed E-state index contributed by atoms with van der Waals surface area (Å²) in [7, 11) is 1.99. The summed E-state index contributed by atoms with van der Waals surface area (Å²) in [5.74, 6) is -1.01. The molecule has 0 aliphatic carbocycles. The predicted octanol–water partition coefficient (Wildman–Crippen LogP) is 3.43. The van der Waals surface area contributed by atoms with Crippen LogP contribution in [0.4, 0.5) is 40.6 Å². The number of aromatic amines is 1. The maximum Gasteiger partial charge on any atom is 0.417 e. The third-order valence-corrected chi connectivity index (χ3v) is 7.94. The molecule has 10 nitrogen and oxygen atoms in total. The van der Waals surface area contributed by atoms with Gasteiger partial charge in [0, 0.05) is 82.1 Å². The number of likely N-dealkylation sites (N-methyl/N-ethyl adjacent to an activating group) is 1. The van der Waals surface area contributed by atoms with E-state index in [9.17, 15) is 22.8 Å². The summed E-state index contributed by atoms with van der Waals surface area (Å²) in [5.41, 5.74) is -2.32. The van der Waals surface area contributed by atoms with E-state index in [-0.39, 0.29) is 23.5 Å². The maximum atomic E-state index is 15.8. The standard InChI is InChI=1S/C28H32F4N8O2/c1-17-15-40(16-18(2)37(17)3)24-12-21(29)23(38-7-9-39(10-8-38)27-33-5-4-6-34-27)13-22(24)36-26(42)19-14-35-25(41)11-20(19)28(30,31)32/h4-6,11-14,17-18H,7-10,15-16H2,1-3H3,(H,35,41)(H,36,42)/t17-,18+. The topological polar surface area (TPSA) is 101 Å². The first kappa shape index (κ1) is 29.3. The minimum atomic E-state index is -4.93. The smallest absolute Gasteiger partial charge is 0.367 e. The Hall–Kier alpha value is -4.20. The van der Waals surface area contributed by atoms with Gasteiger partial charge in [0.05, 0.1) is 28.2 Å². The summed E-state index contributed by atoms with van der Waals surface area (Å²) < 4.78 is 56.9. The minimum absolute atomic E-state index is 0.101. The molecule has 1 aromatic carbocycles. The monoisotopic (exact) mass is 588 g/mol. The van der Waals surface area contributed by atoms with Crippen molar-refractivity contribution in [3.63, 3.8) is 0 Å². The van der Waals surface area contributed by atoms with E-state index in [1.807, 2.05) is 35.6 Å². The molecular weight excluding hydrogens is 556 g/mol. The largest absolute Gasteiger partial charge is 0.417 e. The van der Waals surface area contributed by atoms with Crippen molar-refractivity contribution < 1.29 is 22.4 Å². The molecule has 2 N–H and O–H groups in total. The SMILES string of the molecule is C[C@@H]1CN(c2cc(F)c(N3CCN(c4ncccn4)CC3)cc2NC(=O)c2c[nH]c(=O)cc2C(F)(F)F)C[C@H](C)N1C. The average molecular weight is 589 g/mol. The summed E-state index contributed by atoms with van der Waals surface area (Å²) in [4.78, 5) is 43.5. The van der Waals surface area contributed by atoms with Gasteiger partial charge in [-0.25, -0.2) is 14.4 Å². The van der Waals surface area contributed by atoms with Gasteiger partial charge in [0.1, 0.15) is 5.82 Å². The van der Waals surface area contributed by atoms with Gasteiger partial charge >= 0.3 is 6.18 Å². The molecule has 0 spiro atoms. The third kappa shape index (κ3) is 6.03. The Kier molecular flexibility index (Phi) is 8.08. The van der Waals surface area contributed by atoms with E-state index in [0.29, 0.717) is 57.0 Å². The number of halogens is 4. The lowest BCUT2D eigenvalue weighted by molar-refractivity contribution is -0.138. The number of aromatic nitrogens is 3. The molecule has 1 amide bonds. The second-order valence-electron chi connectivity index (χ2n) is 10.7. The Balaban J connectivity index is 1.49. The number of benzene rings is 1. The van der Waals surface area contributed by atoms with Crippen LogP contribution in [-0.4, -0.2) is 84.2 Å². The zero-order chi connectivity index (χ0) is 30.2. The van der Waals surface area contributed by atoms with E-state index >= 15 is 4.39 Å². The zero-order valence-corrected chi connectivity index (χ0v) is 23.5. The van der Waals surface area contributed by atoms with E-state index in [4.69, 9.17) is 0 Å². The first-order chi connectivity index (χ1) is 19.9. The Labute approximate surface area is 240 Å². The van der Waals surface area contributed by atoms with Crippen LogP contribution in [0.1, 0.15) is 29.8 Å². The molecule has 4 heterocycles. The fourth-order valence-corrected chi connectivity index (χ4v) is 5.44. The first-order valence-corrected chi connectivity index (χ1v) is 13.6. The highest BCUT2D eigenvalue weighted by Crippen LogP contribution is 2.37. The van der Waals surface area contributed by atoms with Crippen LogP contribution in [0.15, 0.2) is 47.7 Å². The number of nitrogens with one attached hydrogen (secondary N) is 2. The molecule has 3 aromatic rings. The van der Waals surface area contributed by atoms with Crippen molar-refractivity contribution in [2.45, 2.75) is 32.1 Å². The van der Waals surface area contributed by atoms with E-state index in [2.05, 4.69) is 25.2 Å². The minimum Gasteiger partial charge on any atom is -0.367 e. The molecule has 0 saturated carbocycles. The number of nitrogens with zero attached hydrogens (tertiary/aromatic N) is 6. The number of hydrogen-bond acceptors (Lipinski definition) is 8. The lowest BCUT2D eigenvalue weighted by Crippen LogP contribution is -2.55. The molecule has 2 aromatic heterocycles. The van der Waals surface area contributed by atoms with Gasteiger partial charge in [-0.3, -0.25) is 14.5 Å². The van der Waals surface area contributed by atoms with Gasteiger partial charge in [0.15, 0.2) is 0 Å². The van der Waals surface area contributed by atoms with Crippen molar-refractivity contribution in [2.24, 2.45) is 0 Å². The van der Waals surface area contributed by atoms with Crippen LogP contribution < -0.4 is 25.6 Å². The molecule has 42 heavy (non-hydrogen) atoms. The summed E-state index contributed by atoms with van der Waals surface area (Å²) in [6, 6.07) is 5.09.